The quantitative estimate of drug-likeness (QED) is 0.594. The number of carbonyl (C=O) groups is 3. The topological polar surface area (TPSA) is 91.0 Å². The second-order valence-corrected chi connectivity index (χ2v) is 7.83. The molecular formula is C22H32N4O4. The van der Waals surface area contributed by atoms with E-state index in [1.54, 1.807) is 0 Å². The molecule has 8 nitrogen and oxygen atoms in total. The molecule has 1 fully saturated rings. The fraction of sp³-hybridized carbons (Fsp3) is 0.591. The summed E-state index contributed by atoms with van der Waals surface area (Å²) in [6.45, 7) is 6.41. The molecule has 0 unspecified atom stereocenters. The third kappa shape index (κ3) is 6.45. The average Bonchev–Trinajstić information content (AvgIpc) is 2.75. The van der Waals surface area contributed by atoms with Crippen LogP contribution in [0.3, 0.4) is 0 Å². The summed E-state index contributed by atoms with van der Waals surface area (Å²) in [7, 11) is 0. The summed E-state index contributed by atoms with van der Waals surface area (Å²) in [6, 6.07) is 5.68. The standard InChI is InChI=1S/C22H32N4O4/c1-2-9-23-21(28)16-25-10-12-26(13-11-25)22(29)4-3-14-30-18-6-7-19-17(15-18)5-8-20(27)24-19/h6-7,15H,2-5,8-14,16H2,1H3,(H,23,28)(H,24,27). The van der Waals surface area contributed by atoms with Crippen molar-refractivity contribution in [2.75, 3.05) is 51.2 Å². The zero-order valence-electron chi connectivity index (χ0n) is 17.7. The van der Waals surface area contributed by atoms with Gasteiger partial charge in [-0.25, -0.2) is 0 Å². The van der Waals surface area contributed by atoms with Crippen LogP contribution in [0.5, 0.6) is 5.75 Å². The van der Waals surface area contributed by atoms with Crippen LogP contribution < -0.4 is 15.4 Å². The predicted octanol–water partition coefficient (Wildman–Crippen LogP) is 1.40. The Labute approximate surface area is 177 Å². The van der Waals surface area contributed by atoms with E-state index in [0.29, 0.717) is 52.0 Å². The Morgan fingerprint density at radius 2 is 1.97 bits per heavy atom. The molecule has 2 aliphatic rings. The molecule has 30 heavy (non-hydrogen) atoms. The van der Waals surface area contributed by atoms with Gasteiger partial charge in [0.05, 0.1) is 13.2 Å². The SMILES string of the molecule is CCCNC(=O)CN1CCN(C(=O)CCCOc2ccc3c(c2)CCC(=O)N3)CC1. The molecule has 0 bridgehead atoms. The Balaban J connectivity index is 1.32. The molecule has 2 N–H and O–H groups in total. The monoisotopic (exact) mass is 416 g/mol. The minimum absolute atomic E-state index is 0.0512. The van der Waals surface area contributed by atoms with E-state index in [4.69, 9.17) is 4.74 Å². The van der Waals surface area contributed by atoms with Crippen LogP contribution in [-0.2, 0) is 20.8 Å². The number of amides is 3. The van der Waals surface area contributed by atoms with Crippen molar-refractivity contribution in [3.63, 3.8) is 0 Å². The van der Waals surface area contributed by atoms with E-state index in [2.05, 4.69) is 15.5 Å². The largest absolute Gasteiger partial charge is 0.494 e. The minimum Gasteiger partial charge on any atom is -0.494 e. The molecule has 8 heteroatoms. The van der Waals surface area contributed by atoms with Crippen molar-refractivity contribution in [1.82, 2.24) is 15.1 Å². The number of carbonyl (C=O) groups excluding carboxylic acids is 3. The van der Waals surface area contributed by atoms with Gasteiger partial charge < -0.3 is 20.3 Å². The molecule has 0 radical (unpaired) electrons. The van der Waals surface area contributed by atoms with Gasteiger partial charge in [0.1, 0.15) is 5.75 Å². The maximum atomic E-state index is 12.4. The fourth-order valence-electron chi connectivity index (χ4n) is 3.70. The van der Waals surface area contributed by atoms with Crippen molar-refractivity contribution in [2.45, 2.75) is 39.0 Å². The first-order chi connectivity index (χ1) is 14.5. The lowest BCUT2D eigenvalue weighted by Crippen LogP contribution is -2.51. The van der Waals surface area contributed by atoms with Crippen LogP contribution in [0, 0.1) is 0 Å². The first-order valence-corrected chi connectivity index (χ1v) is 10.9. The van der Waals surface area contributed by atoms with Crippen molar-refractivity contribution in [1.29, 1.82) is 0 Å². The van der Waals surface area contributed by atoms with Crippen LogP contribution >= 0.6 is 0 Å². The third-order valence-corrected chi connectivity index (χ3v) is 5.44. The highest BCUT2D eigenvalue weighted by Gasteiger charge is 2.22. The highest BCUT2D eigenvalue weighted by Crippen LogP contribution is 2.26. The molecule has 164 valence electrons. The van der Waals surface area contributed by atoms with Gasteiger partial charge >= 0.3 is 0 Å². The number of benzene rings is 1. The summed E-state index contributed by atoms with van der Waals surface area (Å²) in [6.07, 6.45) is 3.28. The fourth-order valence-corrected chi connectivity index (χ4v) is 3.70. The molecule has 0 spiro atoms. The maximum Gasteiger partial charge on any atom is 0.234 e. The van der Waals surface area contributed by atoms with Crippen molar-refractivity contribution >= 4 is 23.4 Å². The van der Waals surface area contributed by atoms with Gasteiger partial charge in [0.2, 0.25) is 17.7 Å². The molecule has 2 heterocycles. The second-order valence-electron chi connectivity index (χ2n) is 7.83. The number of nitrogens with one attached hydrogen (secondary N) is 2. The van der Waals surface area contributed by atoms with Gasteiger partial charge in [-0.15, -0.1) is 0 Å². The molecule has 1 aromatic carbocycles. The summed E-state index contributed by atoms with van der Waals surface area (Å²) < 4.78 is 5.79. The number of fused-ring (bicyclic) bond motifs is 1. The van der Waals surface area contributed by atoms with Crippen molar-refractivity contribution in [2.24, 2.45) is 0 Å². The van der Waals surface area contributed by atoms with Gasteiger partial charge in [-0.2, -0.15) is 0 Å². The molecular weight excluding hydrogens is 384 g/mol. The smallest absolute Gasteiger partial charge is 0.234 e. The molecule has 3 rings (SSSR count). The van der Waals surface area contributed by atoms with Crippen LogP contribution in [0.2, 0.25) is 0 Å². The summed E-state index contributed by atoms with van der Waals surface area (Å²) in [5, 5.41) is 5.74. The third-order valence-electron chi connectivity index (χ3n) is 5.44. The normalized spacial score (nSPS) is 16.6. The molecule has 0 aliphatic carbocycles. The number of nitrogens with zero attached hydrogens (tertiary/aromatic N) is 2. The van der Waals surface area contributed by atoms with Crippen molar-refractivity contribution in [3.8, 4) is 5.75 Å². The summed E-state index contributed by atoms with van der Waals surface area (Å²) in [4.78, 5) is 39.6. The van der Waals surface area contributed by atoms with Crippen molar-refractivity contribution < 1.29 is 19.1 Å². The lowest BCUT2D eigenvalue weighted by atomic mass is 10.0. The number of piperazine rings is 1. The number of hydrogen-bond acceptors (Lipinski definition) is 5. The molecule has 1 saturated heterocycles. The Morgan fingerprint density at radius 1 is 1.17 bits per heavy atom. The highest BCUT2D eigenvalue weighted by molar-refractivity contribution is 5.94. The molecule has 1 aromatic rings. The first kappa shape index (κ1) is 22.1. The summed E-state index contributed by atoms with van der Waals surface area (Å²) in [5.74, 6) is 1.02. The molecule has 0 saturated carbocycles. The second kappa shape index (κ2) is 11.0. The van der Waals surface area contributed by atoms with Crippen LogP contribution in [0.1, 0.15) is 38.2 Å². The van der Waals surface area contributed by atoms with Gasteiger partial charge in [0.15, 0.2) is 0 Å². The van der Waals surface area contributed by atoms with Gasteiger partial charge in [0, 0.05) is 51.3 Å². The Morgan fingerprint density at radius 3 is 2.73 bits per heavy atom. The number of rotatable bonds is 9. The van der Waals surface area contributed by atoms with Crippen LogP contribution in [0.4, 0.5) is 5.69 Å². The molecule has 2 aliphatic heterocycles. The number of anilines is 1. The van der Waals surface area contributed by atoms with Crippen molar-refractivity contribution in [3.05, 3.63) is 23.8 Å². The van der Waals surface area contributed by atoms with Crippen LogP contribution in [0.25, 0.3) is 0 Å². The Bertz CT molecular complexity index is 760. The summed E-state index contributed by atoms with van der Waals surface area (Å²) in [5.41, 5.74) is 1.94. The van der Waals surface area contributed by atoms with Gasteiger partial charge in [-0.05, 0) is 43.0 Å². The average molecular weight is 417 g/mol. The highest BCUT2D eigenvalue weighted by atomic mass is 16.5. The number of aryl methyl sites for hydroxylation is 1. The van der Waals surface area contributed by atoms with Gasteiger partial charge in [-0.1, -0.05) is 6.92 Å². The van der Waals surface area contributed by atoms with Gasteiger partial charge in [-0.3, -0.25) is 19.3 Å². The van der Waals surface area contributed by atoms with Gasteiger partial charge in [0.25, 0.3) is 0 Å². The van der Waals surface area contributed by atoms with E-state index in [1.807, 2.05) is 30.0 Å². The van der Waals surface area contributed by atoms with E-state index in [-0.39, 0.29) is 17.7 Å². The minimum atomic E-state index is 0.0512. The van der Waals surface area contributed by atoms with Crippen LogP contribution in [0.15, 0.2) is 18.2 Å². The lowest BCUT2D eigenvalue weighted by Gasteiger charge is -2.34. The number of hydrogen-bond donors (Lipinski definition) is 2. The molecule has 0 atom stereocenters. The summed E-state index contributed by atoms with van der Waals surface area (Å²) >= 11 is 0. The number of ether oxygens (including phenoxy) is 1. The maximum absolute atomic E-state index is 12.4. The van der Waals surface area contributed by atoms with E-state index >= 15 is 0 Å². The first-order valence-electron chi connectivity index (χ1n) is 10.9. The molecule has 0 aromatic heterocycles. The zero-order valence-corrected chi connectivity index (χ0v) is 17.7. The molecule has 3 amide bonds. The lowest BCUT2D eigenvalue weighted by molar-refractivity contribution is -0.133. The zero-order chi connectivity index (χ0) is 21.3. The Hall–Kier alpha value is -2.61. The van der Waals surface area contributed by atoms with E-state index in [0.717, 1.165) is 42.9 Å². The van der Waals surface area contributed by atoms with E-state index < -0.39 is 0 Å². The Kier molecular flexibility index (Phi) is 8.07. The van der Waals surface area contributed by atoms with Crippen LogP contribution in [-0.4, -0.2) is 73.4 Å². The van der Waals surface area contributed by atoms with E-state index in [9.17, 15) is 14.4 Å². The predicted molar refractivity (Wildman–Crippen MR) is 114 cm³/mol. The van der Waals surface area contributed by atoms with E-state index in [1.165, 1.54) is 0 Å².